The van der Waals surface area contributed by atoms with Crippen LogP contribution in [0.4, 0.5) is 0 Å². The Morgan fingerprint density at radius 3 is 2.32 bits per heavy atom. The minimum atomic E-state index is 0.215. The zero-order valence-electron chi connectivity index (χ0n) is 12.8. The molecule has 0 aliphatic heterocycles. The lowest BCUT2D eigenvalue weighted by molar-refractivity contribution is -0.121. The number of amides is 1. The number of carbonyl (C=O) groups is 1. The van der Waals surface area contributed by atoms with E-state index in [0.29, 0.717) is 18.2 Å². The van der Waals surface area contributed by atoms with Gasteiger partial charge in [-0.3, -0.25) is 4.79 Å². The standard InChI is InChI=1S/C16H32ClNO/c1-3-4-5-6-7-8-9-12-16(19)18-13-10-11-15(2)14-17/h15H,3-14H2,1-2H3,(H,18,19). The predicted octanol–water partition coefficient (Wildman–Crippen LogP) is 4.90. The van der Waals surface area contributed by atoms with Gasteiger partial charge in [0, 0.05) is 18.8 Å². The molecule has 0 rings (SSSR count). The molecule has 114 valence electrons. The fourth-order valence-electron chi connectivity index (χ4n) is 2.09. The van der Waals surface area contributed by atoms with E-state index in [1.807, 2.05) is 0 Å². The smallest absolute Gasteiger partial charge is 0.219 e. The first-order valence-corrected chi connectivity index (χ1v) is 8.56. The third-order valence-electron chi connectivity index (χ3n) is 3.47. The maximum absolute atomic E-state index is 11.6. The topological polar surface area (TPSA) is 29.1 Å². The monoisotopic (exact) mass is 289 g/mol. The predicted molar refractivity (Wildman–Crippen MR) is 84.7 cm³/mol. The molecule has 0 aromatic carbocycles. The number of nitrogens with one attached hydrogen (secondary N) is 1. The van der Waals surface area contributed by atoms with Gasteiger partial charge in [-0.05, 0) is 25.2 Å². The molecule has 0 spiro atoms. The van der Waals surface area contributed by atoms with Crippen molar-refractivity contribution in [2.75, 3.05) is 12.4 Å². The minimum Gasteiger partial charge on any atom is -0.356 e. The third kappa shape index (κ3) is 14.0. The summed E-state index contributed by atoms with van der Waals surface area (Å²) in [4.78, 5) is 11.6. The van der Waals surface area contributed by atoms with Crippen LogP contribution < -0.4 is 5.32 Å². The first-order valence-electron chi connectivity index (χ1n) is 8.03. The Hall–Kier alpha value is -0.240. The van der Waals surface area contributed by atoms with Crippen molar-refractivity contribution in [3.8, 4) is 0 Å². The summed E-state index contributed by atoms with van der Waals surface area (Å²) >= 11 is 5.74. The van der Waals surface area contributed by atoms with Crippen molar-refractivity contribution < 1.29 is 4.79 Å². The molecule has 1 N–H and O–H groups in total. The number of unbranched alkanes of at least 4 members (excludes halogenated alkanes) is 6. The summed E-state index contributed by atoms with van der Waals surface area (Å²) < 4.78 is 0. The van der Waals surface area contributed by atoms with Crippen molar-refractivity contribution in [3.63, 3.8) is 0 Å². The summed E-state index contributed by atoms with van der Waals surface area (Å²) in [5.41, 5.74) is 0. The van der Waals surface area contributed by atoms with Gasteiger partial charge in [-0.15, -0.1) is 11.6 Å². The second-order valence-electron chi connectivity index (χ2n) is 5.62. The molecule has 0 aromatic rings. The molecule has 1 unspecified atom stereocenters. The van der Waals surface area contributed by atoms with Gasteiger partial charge in [0.25, 0.3) is 0 Å². The van der Waals surface area contributed by atoms with E-state index in [2.05, 4.69) is 19.2 Å². The highest BCUT2D eigenvalue weighted by Crippen LogP contribution is 2.08. The number of hydrogen-bond donors (Lipinski definition) is 1. The van der Waals surface area contributed by atoms with Crippen LogP contribution in [-0.4, -0.2) is 18.3 Å². The molecule has 0 saturated heterocycles. The fraction of sp³-hybridized carbons (Fsp3) is 0.938. The lowest BCUT2D eigenvalue weighted by Crippen LogP contribution is -2.24. The highest BCUT2D eigenvalue weighted by atomic mass is 35.5. The van der Waals surface area contributed by atoms with Gasteiger partial charge in [-0.2, -0.15) is 0 Å². The highest BCUT2D eigenvalue weighted by Gasteiger charge is 2.02. The van der Waals surface area contributed by atoms with Gasteiger partial charge < -0.3 is 5.32 Å². The van der Waals surface area contributed by atoms with Gasteiger partial charge >= 0.3 is 0 Å². The first-order chi connectivity index (χ1) is 9.20. The van der Waals surface area contributed by atoms with Crippen LogP contribution in [0.1, 0.15) is 78.1 Å². The van der Waals surface area contributed by atoms with E-state index in [1.165, 1.54) is 38.5 Å². The lowest BCUT2D eigenvalue weighted by Gasteiger charge is -2.08. The summed E-state index contributed by atoms with van der Waals surface area (Å²) in [7, 11) is 0. The summed E-state index contributed by atoms with van der Waals surface area (Å²) in [5, 5.41) is 2.99. The average Bonchev–Trinajstić information content (AvgIpc) is 2.42. The normalized spacial score (nSPS) is 12.4. The van der Waals surface area contributed by atoms with Crippen molar-refractivity contribution in [1.82, 2.24) is 5.32 Å². The van der Waals surface area contributed by atoms with Crippen LogP contribution in [-0.2, 0) is 4.79 Å². The molecule has 0 radical (unpaired) electrons. The van der Waals surface area contributed by atoms with Crippen LogP contribution in [0, 0.1) is 5.92 Å². The molecule has 0 aromatic heterocycles. The third-order valence-corrected chi connectivity index (χ3v) is 3.99. The Bertz CT molecular complexity index is 209. The van der Waals surface area contributed by atoms with Crippen LogP contribution in [0.5, 0.6) is 0 Å². The van der Waals surface area contributed by atoms with Crippen LogP contribution in [0.2, 0.25) is 0 Å². The van der Waals surface area contributed by atoms with E-state index in [-0.39, 0.29) is 5.91 Å². The van der Waals surface area contributed by atoms with Gasteiger partial charge in [-0.25, -0.2) is 0 Å². The molecular formula is C16H32ClNO. The Kier molecular flexibility index (Phi) is 14.0. The van der Waals surface area contributed by atoms with Crippen molar-refractivity contribution in [2.24, 2.45) is 5.92 Å². The largest absolute Gasteiger partial charge is 0.356 e. The number of carbonyl (C=O) groups excluding carboxylic acids is 1. The van der Waals surface area contributed by atoms with Crippen molar-refractivity contribution in [1.29, 1.82) is 0 Å². The molecule has 0 saturated carbocycles. The summed E-state index contributed by atoms with van der Waals surface area (Å²) in [6.45, 7) is 5.18. The van der Waals surface area contributed by atoms with Crippen molar-refractivity contribution >= 4 is 17.5 Å². The summed E-state index contributed by atoms with van der Waals surface area (Å²) in [5.74, 6) is 1.49. The minimum absolute atomic E-state index is 0.215. The number of alkyl halides is 1. The Labute approximate surface area is 124 Å². The Morgan fingerprint density at radius 2 is 1.68 bits per heavy atom. The molecule has 2 nitrogen and oxygen atoms in total. The first kappa shape index (κ1) is 18.8. The molecule has 0 aliphatic rings. The highest BCUT2D eigenvalue weighted by molar-refractivity contribution is 6.18. The molecule has 19 heavy (non-hydrogen) atoms. The van der Waals surface area contributed by atoms with Crippen LogP contribution in [0.3, 0.4) is 0 Å². The maximum atomic E-state index is 11.6. The van der Waals surface area contributed by atoms with E-state index in [1.54, 1.807) is 0 Å². The van der Waals surface area contributed by atoms with E-state index >= 15 is 0 Å². The maximum Gasteiger partial charge on any atom is 0.219 e. The van der Waals surface area contributed by atoms with Gasteiger partial charge in [0.2, 0.25) is 5.91 Å². The zero-order valence-corrected chi connectivity index (χ0v) is 13.6. The van der Waals surface area contributed by atoms with Gasteiger partial charge in [0.05, 0.1) is 0 Å². The molecule has 1 amide bonds. The zero-order chi connectivity index (χ0) is 14.3. The number of rotatable bonds is 13. The molecular weight excluding hydrogens is 258 g/mol. The van der Waals surface area contributed by atoms with Gasteiger partial charge in [0.1, 0.15) is 0 Å². The van der Waals surface area contributed by atoms with Crippen LogP contribution in [0.15, 0.2) is 0 Å². The van der Waals surface area contributed by atoms with Crippen molar-refractivity contribution in [2.45, 2.75) is 78.1 Å². The molecule has 3 heteroatoms. The molecule has 0 fully saturated rings. The van der Waals surface area contributed by atoms with Crippen molar-refractivity contribution in [3.05, 3.63) is 0 Å². The number of halogens is 1. The molecule has 0 bridgehead atoms. The quantitative estimate of drug-likeness (QED) is 0.379. The van der Waals surface area contributed by atoms with E-state index < -0.39 is 0 Å². The number of hydrogen-bond acceptors (Lipinski definition) is 1. The second kappa shape index (κ2) is 14.2. The average molecular weight is 290 g/mol. The summed E-state index contributed by atoms with van der Waals surface area (Å²) in [6, 6.07) is 0. The SMILES string of the molecule is CCCCCCCCCC(=O)NCCCC(C)CCl. The van der Waals surface area contributed by atoms with E-state index in [0.717, 1.165) is 25.8 Å². The fourth-order valence-corrected chi connectivity index (χ4v) is 2.24. The van der Waals surface area contributed by atoms with Crippen LogP contribution >= 0.6 is 11.6 Å². The van der Waals surface area contributed by atoms with Gasteiger partial charge in [0.15, 0.2) is 0 Å². The molecule has 0 heterocycles. The van der Waals surface area contributed by atoms with Gasteiger partial charge in [-0.1, -0.05) is 52.4 Å². The van der Waals surface area contributed by atoms with Crippen LogP contribution in [0.25, 0.3) is 0 Å². The van der Waals surface area contributed by atoms with E-state index in [9.17, 15) is 4.79 Å². The van der Waals surface area contributed by atoms with E-state index in [4.69, 9.17) is 11.6 Å². The lowest BCUT2D eigenvalue weighted by atomic mass is 10.1. The molecule has 1 atom stereocenters. The summed E-state index contributed by atoms with van der Waals surface area (Å²) in [6.07, 6.45) is 11.7. The molecule has 0 aliphatic carbocycles. The second-order valence-corrected chi connectivity index (χ2v) is 5.93. The Balaban J connectivity index is 3.21. The Morgan fingerprint density at radius 1 is 1.05 bits per heavy atom.